The summed E-state index contributed by atoms with van der Waals surface area (Å²) in [7, 11) is 0. The Hall–Kier alpha value is -1.39. The predicted molar refractivity (Wildman–Crippen MR) is 84.5 cm³/mol. The molecular weight excluding hydrogens is 278 g/mol. The standard InChI is InChI=1S/C18H25NO3/c1-14(16-8-3-2-4-9-16)19(12-15-6-5-7-15)18(20)17-13-21-10-11-22-17/h2-4,8-9,14-15,17H,5-7,10-13H2,1H3/t14-,17+/m1/s1. The van der Waals surface area contributed by atoms with Crippen LogP contribution >= 0.6 is 0 Å². The van der Waals surface area contributed by atoms with Crippen molar-refractivity contribution >= 4 is 5.91 Å². The third kappa shape index (κ3) is 3.50. The molecule has 4 heteroatoms. The minimum Gasteiger partial charge on any atom is -0.376 e. The van der Waals surface area contributed by atoms with E-state index in [0.29, 0.717) is 25.7 Å². The molecule has 1 saturated carbocycles. The molecule has 120 valence electrons. The molecule has 0 radical (unpaired) electrons. The van der Waals surface area contributed by atoms with Gasteiger partial charge < -0.3 is 14.4 Å². The number of nitrogens with zero attached hydrogens (tertiary/aromatic N) is 1. The summed E-state index contributed by atoms with van der Waals surface area (Å²) in [5.74, 6) is 0.711. The maximum atomic E-state index is 12.9. The van der Waals surface area contributed by atoms with Gasteiger partial charge in [0.2, 0.25) is 0 Å². The Kier molecular flexibility index (Phi) is 5.11. The van der Waals surface area contributed by atoms with Gasteiger partial charge in [0.05, 0.1) is 25.9 Å². The van der Waals surface area contributed by atoms with Crippen LogP contribution in [0.5, 0.6) is 0 Å². The van der Waals surface area contributed by atoms with Gasteiger partial charge in [-0.05, 0) is 31.2 Å². The monoisotopic (exact) mass is 303 g/mol. The molecule has 1 saturated heterocycles. The highest BCUT2D eigenvalue weighted by Crippen LogP contribution is 2.31. The number of carbonyl (C=O) groups is 1. The molecule has 2 fully saturated rings. The summed E-state index contributed by atoms with van der Waals surface area (Å²) in [6.45, 7) is 4.40. The van der Waals surface area contributed by atoms with E-state index >= 15 is 0 Å². The molecule has 0 unspecified atom stereocenters. The lowest BCUT2D eigenvalue weighted by Gasteiger charge is -2.38. The molecule has 2 atom stereocenters. The second kappa shape index (κ2) is 7.25. The zero-order valence-corrected chi connectivity index (χ0v) is 13.2. The van der Waals surface area contributed by atoms with Crippen LogP contribution in [0.4, 0.5) is 0 Å². The highest BCUT2D eigenvalue weighted by molar-refractivity contribution is 5.81. The van der Waals surface area contributed by atoms with Crippen molar-refractivity contribution in [1.29, 1.82) is 0 Å². The van der Waals surface area contributed by atoms with Crippen LogP contribution in [0.1, 0.15) is 37.8 Å². The fourth-order valence-electron chi connectivity index (χ4n) is 3.12. The van der Waals surface area contributed by atoms with Crippen molar-refractivity contribution in [3.63, 3.8) is 0 Å². The molecule has 0 N–H and O–H groups in total. The Labute approximate surface area is 132 Å². The van der Waals surface area contributed by atoms with Crippen LogP contribution in [0.15, 0.2) is 30.3 Å². The van der Waals surface area contributed by atoms with Crippen LogP contribution in [0.3, 0.4) is 0 Å². The van der Waals surface area contributed by atoms with Crippen LogP contribution in [-0.4, -0.2) is 43.3 Å². The molecule has 1 aromatic carbocycles. The Balaban J connectivity index is 1.74. The van der Waals surface area contributed by atoms with Gasteiger partial charge in [-0.25, -0.2) is 0 Å². The minimum absolute atomic E-state index is 0.0693. The zero-order valence-electron chi connectivity index (χ0n) is 13.2. The first-order valence-corrected chi connectivity index (χ1v) is 8.30. The molecule has 1 aliphatic carbocycles. The van der Waals surface area contributed by atoms with Crippen molar-refractivity contribution < 1.29 is 14.3 Å². The molecule has 2 aliphatic rings. The van der Waals surface area contributed by atoms with Crippen LogP contribution in [-0.2, 0) is 14.3 Å². The SMILES string of the molecule is C[C@H](c1ccccc1)N(CC1CCC1)C(=O)[C@@H]1COCCO1. The van der Waals surface area contributed by atoms with Gasteiger partial charge in [-0.15, -0.1) is 0 Å². The topological polar surface area (TPSA) is 38.8 Å². The lowest BCUT2D eigenvalue weighted by Crippen LogP contribution is -2.48. The molecule has 0 spiro atoms. The molecule has 1 heterocycles. The second-order valence-electron chi connectivity index (χ2n) is 6.31. The Morgan fingerprint density at radius 3 is 2.64 bits per heavy atom. The molecule has 0 bridgehead atoms. The quantitative estimate of drug-likeness (QED) is 0.839. The summed E-state index contributed by atoms with van der Waals surface area (Å²) in [6, 6.07) is 10.3. The average Bonchev–Trinajstić information content (AvgIpc) is 2.54. The van der Waals surface area contributed by atoms with E-state index in [1.807, 2.05) is 23.1 Å². The normalized spacial score (nSPS) is 23.6. The van der Waals surface area contributed by atoms with Crippen molar-refractivity contribution in [2.24, 2.45) is 5.92 Å². The van der Waals surface area contributed by atoms with Gasteiger partial charge in [0.1, 0.15) is 0 Å². The summed E-state index contributed by atoms with van der Waals surface area (Å²) in [5, 5.41) is 0. The van der Waals surface area contributed by atoms with Gasteiger partial charge in [-0.3, -0.25) is 4.79 Å². The maximum absolute atomic E-state index is 12.9. The first-order chi connectivity index (χ1) is 10.8. The van der Waals surface area contributed by atoms with Crippen molar-refractivity contribution in [1.82, 2.24) is 4.90 Å². The molecular formula is C18H25NO3. The van der Waals surface area contributed by atoms with E-state index < -0.39 is 6.10 Å². The maximum Gasteiger partial charge on any atom is 0.254 e. The number of rotatable bonds is 5. The Morgan fingerprint density at radius 1 is 1.27 bits per heavy atom. The molecule has 4 nitrogen and oxygen atoms in total. The number of amides is 1. The van der Waals surface area contributed by atoms with Gasteiger partial charge >= 0.3 is 0 Å². The number of hydrogen-bond acceptors (Lipinski definition) is 3. The van der Waals surface area contributed by atoms with E-state index in [0.717, 1.165) is 6.54 Å². The van der Waals surface area contributed by atoms with Gasteiger partial charge in [-0.1, -0.05) is 36.8 Å². The third-order valence-electron chi connectivity index (χ3n) is 4.80. The lowest BCUT2D eigenvalue weighted by atomic mass is 9.84. The van der Waals surface area contributed by atoms with Crippen LogP contribution in [0, 0.1) is 5.92 Å². The molecule has 22 heavy (non-hydrogen) atoms. The summed E-state index contributed by atoms with van der Waals surface area (Å²) >= 11 is 0. The van der Waals surface area contributed by atoms with E-state index in [1.54, 1.807) is 0 Å². The van der Waals surface area contributed by atoms with Crippen molar-refractivity contribution in [2.45, 2.75) is 38.3 Å². The highest BCUT2D eigenvalue weighted by atomic mass is 16.6. The van der Waals surface area contributed by atoms with Crippen molar-refractivity contribution in [3.8, 4) is 0 Å². The largest absolute Gasteiger partial charge is 0.376 e. The molecule has 1 amide bonds. The van der Waals surface area contributed by atoms with Crippen molar-refractivity contribution in [3.05, 3.63) is 35.9 Å². The van der Waals surface area contributed by atoms with Gasteiger partial charge in [0, 0.05) is 6.54 Å². The van der Waals surface area contributed by atoms with Gasteiger partial charge in [0.25, 0.3) is 5.91 Å². The molecule has 3 rings (SSSR count). The summed E-state index contributed by atoms with van der Waals surface area (Å²) in [5.41, 5.74) is 1.17. The van der Waals surface area contributed by atoms with E-state index in [2.05, 4.69) is 19.1 Å². The predicted octanol–water partition coefficient (Wildman–Crippen LogP) is 2.79. The average molecular weight is 303 g/mol. The lowest BCUT2D eigenvalue weighted by molar-refractivity contribution is -0.161. The number of hydrogen-bond donors (Lipinski definition) is 0. The molecule has 1 aliphatic heterocycles. The summed E-state index contributed by atoms with van der Waals surface area (Å²) in [4.78, 5) is 14.9. The van der Waals surface area contributed by atoms with E-state index in [9.17, 15) is 4.79 Å². The minimum atomic E-state index is -0.444. The number of benzene rings is 1. The van der Waals surface area contributed by atoms with Crippen LogP contribution in [0.2, 0.25) is 0 Å². The number of carbonyl (C=O) groups excluding carboxylic acids is 1. The van der Waals surface area contributed by atoms with E-state index in [-0.39, 0.29) is 11.9 Å². The fourth-order valence-corrected chi connectivity index (χ4v) is 3.12. The highest BCUT2D eigenvalue weighted by Gasteiger charge is 2.33. The summed E-state index contributed by atoms with van der Waals surface area (Å²) < 4.78 is 11.0. The molecule has 0 aromatic heterocycles. The van der Waals surface area contributed by atoms with Crippen LogP contribution < -0.4 is 0 Å². The summed E-state index contributed by atoms with van der Waals surface area (Å²) in [6.07, 6.45) is 3.30. The van der Waals surface area contributed by atoms with Gasteiger partial charge in [-0.2, -0.15) is 0 Å². The first kappa shape index (κ1) is 15.5. The van der Waals surface area contributed by atoms with Crippen LogP contribution in [0.25, 0.3) is 0 Å². The Morgan fingerprint density at radius 2 is 2.05 bits per heavy atom. The molecule has 1 aromatic rings. The first-order valence-electron chi connectivity index (χ1n) is 8.30. The van der Waals surface area contributed by atoms with E-state index in [1.165, 1.54) is 24.8 Å². The second-order valence-corrected chi connectivity index (χ2v) is 6.31. The number of ether oxygens (including phenoxy) is 2. The van der Waals surface area contributed by atoms with Gasteiger partial charge in [0.15, 0.2) is 6.10 Å². The smallest absolute Gasteiger partial charge is 0.254 e. The zero-order chi connectivity index (χ0) is 15.4. The van der Waals surface area contributed by atoms with Crippen molar-refractivity contribution in [2.75, 3.05) is 26.4 Å². The fraction of sp³-hybridized carbons (Fsp3) is 0.611. The van der Waals surface area contributed by atoms with E-state index in [4.69, 9.17) is 9.47 Å². The Bertz CT molecular complexity index is 480. The third-order valence-corrected chi connectivity index (χ3v) is 4.80.